The Kier molecular flexibility index (Phi) is 2.06. The molecule has 2 heteroatoms. The number of hydrogen-bond acceptors (Lipinski definition) is 2. The maximum absolute atomic E-state index is 5.06. The van der Waals surface area contributed by atoms with Gasteiger partial charge in [-0.15, -0.1) is 6.58 Å². The largest absolute Gasteiger partial charge is 0.375 e. The highest BCUT2D eigenvalue weighted by Crippen LogP contribution is 2.07. The van der Waals surface area contributed by atoms with Gasteiger partial charge in [0.05, 0.1) is 19.8 Å². The summed E-state index contributed by atoms with van der Waals surface area (Å²) in [6.45, 7) is 5.75. The van der Waals surface area contributed by atoms with Crippen LogP contribution in [0.2, 0.25) is 0 Å². The molecule has 0 aromatic rings. The molecule has 1 aliphatic rings. The zero-order valence-electron chi connectivity index (χ0n) is 4.80. The third-order valence-electron chi connectivity index (χ3n) is 0.942. The second-order valence-electron chi connectivity index (χ2n) is 1.78. The van der Waals surface area contributed by atoms with Crippen molar-refractivity contribution in [1.29, 1.82) is 0 Å². The molecule has 0 saturated carbocycles. The second-order valence-corrected chi connectivity index (χ2v) is 1.78. The molecule has 1 atom stereocenters. The van der Waals surface area contributed by atoms with Gasteiger partial charge in [-0.05, 0) is 0 Å². The molecule has 1 aliphatic heterocycles. The minimum atomic E-state index is 0.384. The van der Waals surface area contributed by atoms with E-state index in [9.17, 15) is 0 Å². The van der Waals surface area contributed by atoms with Crippen LogP contribution in [0.5, 0.6) is 0 Å². The molecule has 8 heavy (non-hydrogen) atoms. The van der Waals surface area contributed by atoms with Gasteiger partial charge in [0.15, 0.2) is 0 Å². The summed E-state index contributed by atoms with van der Waals surface area (Å²) >= 11 is 0. The zero-order chi connectivity index (χ0) is 5.82. The molecule has 0 aromatic heterocycles. The highest BCUT2D eigenvalue weighted by atomic mass is 16.6. The normalized spacial score (nSPS) is 25.2. The average Bonchev–Trinajstić information content (AvgIpc) is 2.51. The van der Waals surface area contributed by atoms with E-state index >= 15 is 0 Å². The summed E-state index contributed by atoms with van der Waals surface area (Å²) in [5.74, 6) is 0. The monoisotopic (exact) mass is 114 g/mol. The lowest BCUT2D eigenvalue weighted by Gasteiger charge is -1.92. The third kappa shape index (κ3) is 2.09. The SMILES string of the molecule is C=CCOC[C@@H]1CO1. The van der Waals surface area contributed by atoms with Crippen molar-refractivity contribution in [2.45, 2.75) is 6.10 Å². The molecular weight excluding hydrogens is 104 g/mol. The van der Waals surface area contributed by atoms with Crippen LogP contribution in [0.25, 0.3) is 0 Å². The molecule has 0 spiro atoms. The first-order valence-corrected chi connectivity index (χ1v) is 2.73. The Bertz CT molecular complexity index is 76.6. The smallest absolute Gasteiger partial charge is 0.104 e. The molecule has 2 nitrogen and oxygen atoms in total. The van der Waals surface area contributed by atoms with Gasteiger partial charge in [-0.3, -0.25) is 0 Å². The first-order chi connectivity index (χ1) is 3.93. The molecule has 0 unspecified atom stereocenters. The predicted octanol–water partition coefficient (Wildman–Crippen LogP) is 0.588. The van der Waals surface area contributed by atoms with E-state index in [0.29, 0.717) is 12.7 Å². The lowest BCUT2D eigenvalue weighted by atomic mass is 10.5. The topological polar surface area (TPSA) is 21.8 Å². The fourth-order valence-corrected chi connectivity index (χ4v) is 0.447. The van der Waals surface area contributed by atoms with Crippen molar-refractivity contribution >= 4 is 0 Å². The minimum absolute atomic E-state index is 0.384. The van der Waals surface area contributed by atoms with E-state index in [2.05, 4.69) is 6.58 Å². The maximum Gasteiger partial charge on any atom is 0.104 e. The lowest BCUT2D eigenvalue weighted by molar-refractivity contribution is 0.141. The molecule has 0 bridgehead atoms. The fraction of sp³-hybridized carbons (Fsp3) is 0.667. The van der Waals surface area contributed by atoms with Gasteiger partial charge in [0.1, 0.15) is 6.10 Å². The summed E-state index contributed by atoms with van der Waals surface area (Å²) in [6, 6.07) is 0. The summed E-state index contributed by atoms with van der Waals surface area (Å²) < 4.78 is 9.96. The fourth-order valence-electron chi connectivity index (χ4n) is 0.447. The Morgan fingerprint density at radius 1 is 1.88 bits per heavy atom. The van der Waals surface area contributed by atoms with Crippen molar-refractivity contribution in [3.05, 3.63) is 12.7 Å². The quantitative estimate of drug-likeness (QED) is 0.303. The molecule has 0 radical (unpaired) electrons. The standard InChI is InChI=1S/C6H10O2/c1-2-3-7-4-6-5-8-6/h2,6H,1,3-5H2/t6-/m1/s1. The van der Waals surface area contributed by atoms with Crippen LogP contribution in [0.15, 0.2) is 12.7 Å². The number of ether oxygens (including phenoxy) is 2. The van der Waals surface area contributed by atoms with E-state index in [-0.39, 0.29) is 0 Å². The van der Waals surface area contributed by atoms with Crippen LogP contribution in [0, 0.1) is 0 Å². The van der Waals surface area contributed by atoms with Gasteiger partial charge in [0, 0.05) is 0 Å². The Balaban J connectivity index is 1.80. The number of epoxide rings is 1. The van der Waals surface area contributed by atoms with Crippen LogP contribution < -0.4 is 0 Å². The third-order valence-corrected chi connectivity index (χ3v) is 0.942. The summed E-state index contributed by atoms with van der Waals surface area (Å²) in [6.07, 6.45) is 2.12. The molecule has 0 N–H and O–H groups in total. The Labute approximate surface area is 49.1 Å². The van der Waals surface area contributed by atoms with E-state index < -0.39 is 0 Å². The van der Waals surface area contributed by atoms with Gasteiger partial charge in [-0.1, -0.05) is 6.08 Å². The van der Waals surface area contributed by atoms with Crippen molar-refractivity contribution in [2.75, 3.05) is 19.8 Å². The molecule has 0 aliphatic carbocycles. The first kappa shape index (κ1) is 5.79. The van der Waals surface area contributed by atoms with Crippen LogP contribution in [0.3, 0.4) is 0 Å². The summed E-state index contributed by atoms with van der Waals surface area (Å²) in [7, 11) is 0. The average molecular weight is 114 g/mol. The zero-order valence-corrected chi connectivity index (χ0v) is 4.80. The summed E-state index contributed by atoms with van der Waals surface area (Å²) in [4.78, 5) is 0. The van der Waals surface area contributed by atoms with E-state index in [1.54, 1.807) is 6.08 Å². The van der Waals surface area contributed by atoms with Crippen LogP contribution in [-0.4, -0.2) is 25.9 Å². The van der Waals surface area contributed by atoms with E-state index in [1.807, 2.05) is 0 Å². The van der Waals surface area contributed by atoms with E-state index in [4.69, 9.17) is 9.47 Å². The number of hydrogen-bond donors (Lipinski definition) is 0. The molecule has 1 fully saturated rings. The van der Waals surface area contributed by atoms with Crippen LogP contribution >= 0.6 is 0 Å². The van der Waals surface area contributed by atoms with Crippen molar-refractivity contribution in [2.24, 2.45) is 0 Å². The molecule has 1 saturated heterocycles. The second kappa shape index (κ2) is 2.84. The van der Waals surface area contributed by atoms with Crippen molar-refractivity contribution in [3.8, 4) is 0 Å². The first-order valence-electron chi connectivity index (χ1n) is 2.73. The van der Waals surface area contributed by atoms with Gasteiger partial charge in [0.25, 0.3) is 0 Å². The van der Waals surface area contributed by atoms with E-state index in [1.165, 1.54) is 0 Å². The van der Waals surface area contributed by atoms with Crippen molar-refractivity contribution in [3.63, 3.8) is 0 Å². The van der Waals surface area contributed by atoms with Crippen LogP contribution in [-0.2, 0) is 9.47 Å². The summed E-state index contributed by atoms with van der Waals surface area (Å²) in [5.41, 5.74) is 0. The Morgan fingerprint density at radius 2 is 2.62 bits per heavy atom. The number of rotatable bonds is 4. The van der Waals surface area contributed by atoms with Gasteiger partial charge in [0.2, 0.25) is 0 Å². The highest BCUT2D eigenvalue weighted by molar-refractivity contribution is 4.70. The summed E-state index contributed by atoms with van der Waals surface area (Å²) in [5, 5.41) is 0. The van der Waals surface area contributed by atoms with Gasteiger partial charge in [-0.2, -0.15) is 0 Å². The van der Waals surface area contributed by atoms with Crippen molar-refractivity contribution < 1.29 is 9.47 Å². The molecule has 0 aromatic carbocycles. The predicted molar refractivity (Wildman–Crippen MR) is 30.8 cm³/mol. The Hall–Kier alpha value is -0.340. The molecule has 0 amide bonds. The molecule has 1 heterocycles. The minimum Gasteiger partial charge on any atom is -0.375 e. The maximum atomic E-state index is 5.06. The highest BCUT2D eigenvalue weighted by Gasteiger charge is 2.21. The van der Waals surface area contributed by atoms with Crippen molar-refractivity contribution in [1.82, 2.24) is 0 Å². The van der Waals surface area contributed by atoms with Crippen LogP contribution in [0.4, 0.5) is 0 Å². The molecular formula is C6H10O2. The van der Waals surface area contributed by atoms with Gasteiger partial charge in [-0.25, -0.2) is 0 Å². The van der Waals surface area contributed by atoms with Crippen LogP contribution in [0.1, 0.15) is 0 Å². The molecule has 1 rings (SSSR count). The lowest BCUT2D eigenvalue weighted by Crippen LogP contribution is -2.00. The molecule has 46 valence electrons. The van der Waals surface area contributed by atoms with Gasteiger partial charge < -0.3 is 9.47 Å². The van der Waals surface area contributed by atoms with Gasteiger partial charge >= 0.3 is 0 Å². The van der Waals surface area contributed by atoms with E-state index in [0.717, 1.165) is 13.2 Å². The Morgan fingerprint density at radius 3 is 3.12 bits per heavy atom.